The van der Waals surface area contributed by atoms with Gasteiger partial charge < -0.3 is 15.2 Å². The number of amides is 1. The lowest BCUT2D eigenvalue weighted by molar-refractivity contribution is -0.132. The van der Waals surface area contributed by atoms with Crippen molar-refractivity contribution in [1.29, 1.82) is 0 Å². The van der Waals surface area contributed by atoms with Crippen LogP contribution in [0.2, 0.25) is 0 Å². The van der Waals surface area contributed by atoms with Gasteiger partial charge in [-0.1, -0.05) is 25.8 Å². The van der Waals surface area contributed by atoms with Crippen molar-refractivity contribution in [2.75, 3.05) is 0 Å². The van der Waals surface area contributed by atoms with E-state index < -0.39 is 5.97 Å². The number of rotatable bonds is 5. The van der Waals surface area contributed by atoms with Gasteiger partial charge in [0.15, 0.2) is 0 Å². The summed E-state index contributed by atoms with van der Waals surface area (Å²) in [6, 6.07) is 7.45. The number of hydrogen-bond acceptors (Lipinski definition) is 3. The van der Waals surface area contributed by atoms with Crippen molar-refractivity contribution in [3.63, 3.8) is 0 Å². The molecule has 1 aromatic carbocycles. The molecule has 0 aliphatic heterocycles. The van der Waals surface area contributed by atoms with Gasteiger partial charge in [0.2, 0.25) is 0 Å². The third kappa shape index (κ3) is 4.61. The standard InChI is InChI=1S/C25H31NO4/c1-16-13-19-14-18(25(28)29)11-12-22(19)23(16)26-24(27)17-7-6-10-21(15-17)30-20-8-4-2-3-5-9-20/h6-7,10,14-16,20,23H,2-5,8-9,11-13H2,1H3,(H,26,27)(H,28,29)/t16?,23-/m0/s1. The number of carbonyl (C=O) groups excluding carboxylic acids is 1. The highest BCUT2D eigenvalue weighted by molar-refractivity contribution is 5.95. The first-order valence-electron chi connectivity index (χ1n) is 11.2. The second kappa shape index (κ2) is 9.07. The van der Waals surface area contributed by atoms with Crippen LogP contribution in [0.4, 0.5) is 0 Å². The predicted molar refractivity (Wildman–Crippen MR) is 116 cm³/mol. The second-order valence-electron chi connectivity index (χ2n) is 8.92. The molecule has 0 bridgehead atoms. The molecule has 2 N–H and O–H groups in total. The number of carboxylic acid groups (broad SMARTS) is 1. The zero-order chi connectivity index (χ0) is 21.1. The number of benzene rings is 1. The lowest BCUT2D eigenvalue weighted by Crippen LogP contribution is -2.38. The maximum Gasteiger partial charge on any atom is 0.331 e. The van der Waals surface area contributed by atoms with Gasteiger partial charge in [-0.05, 0) is 86.3 Å². The largest absolute Gasteiger partial charge is 0.490 e. The van der Waals surface area contributed by atoms with Crippen molar-refractivity contribution < 1.29 is 19.4 Å². The molecule has 1 unspecified atom stereocenters. The quantitative estimate of drug-likeness (QED) is 0.669. The Labute approximate surface area is 178 Å². The minimum absolute atomic E-state index is 0.0365. The van der Waals surface area contributed by atoms with Crippen LogP contribution in [-0.2, 0) is 4.79 Å². The zero-order valence-electron chi connectivity index (χ0n) is 17.7. The maximum absolute atomic E-state index is 13.0. The zero-order valence-corrected chi connectivity index (χ0v) is 17.7. The number of nitrogens with one attached hydrogen (secondary N) is 1. The lowest BCUT2D eigenvalue weighted by Gasteiger charge is -2.23. The lowest BCUT2D eigenvalue weighted by atomic mass is 9.92. The molecule has 30 heavy (non-hydrogen) atoms. The van der Waals surface area contributed by atoms with E-state index in [1.807, 2.05) is 30.3 Å². The van der Waals surface area contributed by atoms with Gasteiger partial charge in [0, 0.05) is 11.1 Å². The van der Waals surface area contributed by atoms with E-state index in [0.717, 1.165) is 30.6 Å². The molecule has 2 atom stereocenters. The molecule has 0 aromatic heterocycles. The number of aliphatic carboxylic acids is 1. The van der Waals surface area contributed by atoms with E-state index in [4.69, 9.17) is 4.74 Å². The fraction of sp³-hybridized carbons (Fsp3) is 0.520. The first kappa shape index (κ1) is 20.7. The average Bonchev–Trinajstić information content (AvgIpc) is 2.89. The van der Waals surface area contributed by atoms with Gasteiger partial charge in [-0.3, -0.25) is 4.79 Å². The summed E-state index contributed by atoms with van der Waals surface area (Å²) in [7, 11) is 0. The molecule has 3 aliphatic carbocycles. The van der Waals surface area contributed by atoms with Crippen molar-refractivity contribution in [3.05, 3.63) is 52.6 Å². The van der Waals surface area contributed by atoms with Gasteiger partial charge in [-0.25, -0.2) is 4.79 Å². The first-order chi connectivity index (χ1) is 14.5. The van der Waals surface area contributed by atoms with Crippen molar-refractivity contribution in [2.45, 2.75) is 76.9 Å². The molecule has 1 aromatic rings. The maximum atomic E-state index is 13.0. The Kier molecular flexibility index (Phi) is 6.26. The van der Waals surface area contributed by atoms with E-state index in [9.17, 15) is 14.7 Å². The molecule has 1 fully saturated rings. The summed E-state index contributed by atoms with van der Waals surface area (Å²) in [5, 5.41) is 12.5. The summed E-state index contributed by atoms with van der Waals surface area (Å²) in [6.45, 7) is 2.11. The molecule has 3 aliphatic rings. The van der Waals surface area contributed by atoms with Gasteiger partial charge in [0.1, 0.15) is 5.75 Å². The van der Waals surface area contributed by atoms with Crippen LogP contribution in [0.5, 0.6) is 5.75 Å². The molecule has 0 heterocycles. The van der Waals surface area contributed by atoms with E-state index in [0.29, 0.717) is 24.0 Å². The molecule has 0 radical (unpaired) electrons. The smallest absolute Gasteiger partial charge is 0.331 e. The van der Waals surface area contributed by atoms with Crippen LogP contribution >= 0.6 is 0 Å². The van der Waals surface area contributed by atoms with Gasteiger partial charge >= 0.3 is 5.97 Å². The van der Waals surface area contributed by atoms with Crippen molar-refractivity contribution in [1.82, 2.24) is 5.32 Å². The van der Waals surface area contributed by atoms with E-state index in [1.165, 1.54) is 31.3 Å². The van der Waals surface area contributed by atoms with E-state index in [1.54, 1.807) is 0 Å². The highest BCUT2D eigenvalue weighted by Gasteiger charge is 2.34. The topological polar surface area (TPSA) is 75.6 Å². The Hall–Kier alpha value is -2.56. The number of carboxylic acids is 1. The first-order valence-corrected chi connectivity index (χ1v) is 11.2. The molecule has 5 nitrogen and oxygen atoms in total. The third-order valence-corrected chi connectivity index (χ3v) is 6.67. The van der Waals surface area contributed by atoms with Gasteiger partial charge in [-0.2, -0.15) is 0 Å². The Morgan fingerprint density at radius 1 is 1.10 bits per heavy atom. The van der Waals surface area contributed by atoms with Crippen LogP contribution in [0.3, 0.4) is 0 Å². The Balaban J connectivity index is 1.44. The Morgan fingerprint density at radius 3 is 2.60 bits per heavy atom. The van der Waals surface area contributed by atoms with E-state index in [2.05, 4.69) is 12.2 Å². The summed E-state index contributed by atoms with van der Waals surface area (Å²) in [6.07, 6.45) is 11.2. The summed E-state index contributed by atoms with van der Waals surface area (Å²) < 4.78 is 6.18. The van der Waals surface area contributed by atoms with E-state index >= 15 is 0 Å². The summed E-state index contributed by atoms with van der Waals surface area (Å²) >= 11 is 0. The fourth-order valence-electron chi connectivity index (χ4n) is 5.04. The van der Waals surface area contributed by atoms with Crippen molar-refractivity contribution in [3.8, 4) is 5.75 Å². The van der Waals surface area contributed by atoms with Crippen molar-refractivity contribution >= 4 is 11.9 Å². The molecular weight excluding hydrogens is 378 g/mol. The number of carbonyl (C=O) groups is 2. The third-order valence-electron chi connectivity index (χ3n) is 6.67. The molecule has 1 saturated carbocycles. The Morgan fingerprint density at radius 2 is 1.87 bits per heavy atom. The molecule has 5 heteroatoms. The number of ether oxygens (including phenoxy) is 1. The summed E-state index contributed by atoms with van der Waals surface area (Å²) in [5.41, 5.74) is 3.35. The van der Waals surface area contributed by atoms with E-state index in [-0.39, 0.29) is 24.0 Å². The van der Waals surface area contributed by atoms with Crippen LogP contribution in [0.15, 0.2) is 47.1 Å². The summed E-state index contributed by atoms with van der Waals surface area (Å²) in [5.74, 6) is 0.0847. The van der Waals surface area contributed by atoms with Crippen LogP contribution in [-0.4, -0.2) is 29.1 Å². The minimum atomic E-state index is -0.841. The van der Waals surface area contributed by atoms with Crippen LogP contribution in [0.25, 0.3) is 0 Å². The second-order valence-corrected chi connectivity index (χ2v) is 8.92. The van der Waals surface area contributed by atoms with Gasteiger partial charge in [0.25, 0.3) is 5.91 Å². The predicted octanol–water partition coefficient (Wildman–Crippen LogP) is 5.03. The van der Waals surface area contributed by atoms with Gasteiger partial charge in [0.05, 0.1) is 12.1 Å². The van der Waals surface area contributed by atoms with Gasteiger partial charge in [-0.15, -0.1) is 0 Å². The fourth-order valence-corrected chi connectivity index (χ4v) is 5.04. The molecule has 160 valence electrons. The highest BCUT2D eigenvalue weighted by Crippen LogP contribution is 2.39. The molecule has 1 amide bonds. The normalized spacial score (nSPS) is 24.6. The molecule has 0 saturated heterocycles. The highest BCUT2D eigenvalue weighted by atomic mass is 16.5. The molecular formula is C25H31NO4. The Bertz CT molecular complexity index is 877. The number of allylic oxidation sites excluding steroid dienone is 2. The van der Waals surface area contributed by atoms with Crippen molar-refractivity contribution in [2.24, 2.45) is 5.92 Å². The monoisotopic (exact) mass is 409 g/mol. The molecule has 0 spiro atoms. The minimum Gasteiger partial charge on any atom is -0.490 e. The average molecular weight is 410 g/mol. The summed E-state index contributed by atoms with van der Waals surface area (Å²) in [4.78, 5) is 24.3. The number of hydrogen-bond donors (Lipinski definition) is 2. The van der Waals surface area contributed by atoms with Crippen LogP contribution in [0.1, 0.15) is 75.1 Å². The van der Waals surface area contributed by atoms with Crippen LogP contribution in [0, 0.1) is 5.92 Å². The molecule has 4 rings (SSSR count). The SMILES string of the molecule is CC1CC2=C(CCC(C(=O)O)=C2)[C@H]1NC(=O)c1cccc(OC2CCCCCC2)c1. The van der Waals surface area contributed by atoms with Crippen LogP contribution < -0.4 is 10.1 Å².